The maximum atomic E-state index is 13.0. The number of carbonyl (C=O) groups excluding carboxylic acids is 1. The van der Waals surface area contributed by atoms with E-state index in [1.165, 1.54) is 0 Å². The van der Waals surface area contributed by atoms with Crippen LogP contribution >= 0.6 is 23.2 Å². The third-order valence-electron chi connectivity index (χ3n) is 4.69. The van der Waals surface area contributed by atoms with E-state index < -0.39 is 23.4 Å². The van der Waals surface area contributed by atoms with Gasteiger partial charge >= 0.3 is 5.97 Å². The summed E-state index contributed by atoms with van der Waals surface area (Å²) in [5.41, 5.74) is -0.118. The van der Waals surface area contributed by atoms with Crippen molar-refractivity contribution in [1.82, 2.24) is 0 Å². The van der Waals surface area contributed by atoms with E-state index in [0.717, 1.165) is 0 Å². The van der Waals surface area contributed by atoms with Crippen molar-refractivity contribution in [3.8, 4) is 17.6 Å². The molecule has 0 aliphatic rings. The minimum atomic E-state index is -1.07. The first-order valence-corrected chi connectivity index (χ1v) is 10.4. The lowest BCUT2D eigenvalue weighted by molar-refractivity contribution is -0.157. The number of hydrogen-bond acceptors (Lipinski definition) is 4. The molecule has 0 saturated heterocycles. The van der Waals surface area contributed by atoms with Gasteiger partial charge in [0, 0.05) is 5.56 Å². The van der Waals surface area contributed by atoms with Gasteiger partial charge in [0.15, 0.2) is 0 Å². The number of rotatable bonds is 8. The predicted octanol–water partition coefficient (Wildman–Crippen LogP) is 7.20. The molecule has 2 aromatic carbocycles. The number of hydrogen-bond donors (Lipinski definition) is 0. The zero-order valence-electron chi connectivity index (χ0n) is 17.4. The van der Waals surface area contributed by atoms with E-state index in [0.29, 0.717) is 17.1 Å². The first-order chi connectivity index (χ1) is 14.1. The summed E-state index contributed by atoms with van der Waals surface area (Å²) in [6.45, 7) is 7.55. The number of halogens is 2. The van der Waals surface area contributed by atoms with Crippen LogP contribution in [-0.4, -0.2) is 5.97 Å². The van der Waals surface area contributed by atoms with Crippen LogP contribution in [0.25, 0.3) is 0 Å². The van der Waals surface area contributed by atoms with Crippen LogP contribution in [0.15, 0.2) is 65.2 Å². The van der Waals surface area contributed by atoms with Crippen LogP contribution in [0.1, 0.15) is 39.4 Å². The second-order valence-corrected chi connectivity index (χ2v) is 8.92. The average Bonchev–Trinajstić information content (AvgIpc) is 2.65. The maximum Gasteiger partial charge on any atom is 0.311 e. The van der Waals surface area contributed by atoms with Crippen LogP contribution in [0.3, 0.4) is 0 Å². The molecule has 0 fully saturated rings. The third-order valence-corrected chi connectivity index (χ3v) is 4.91. The smallest absolute Gasteiger partial charge is 0.311 e. The monoisotopic (exact) mass is 445 g/mol. The Labute approximate surface area is 188 Å². The van der Waals surface area contributed by atoms with Crippen LogP contribution in [-0.2, 0) is 9.53 Å². The second-order valence-electron chi connectivity index (χ2n) is 7.91. The number of allylic oxidation sites excluding steroid dienone is 1. The number of para-hydroxylation sites is 1. The Bertz CT molecular complexity index is 929. The molecule has 0 aliphatic carbocycles. The summed E-state index contributed by atoms with van der Waals surface area (Å²) < 4.78 is 11.5. The van der Waals surface area contributed by atoms with Crippen LogP contribution < -0.4 is 4.74 Å². The zero-order chi connectivity index (χ0) is 22.3. The molecular formula is C24H25Cl2NO3. The molecule has 0 saturated carbocycles. The molecular weight excluding hydrogens is 421 g/mol. The number of nitriles is 1. The van der Waals surface area contributed by atoms with Crippen LogP contribution in [0.2, 0.25) is 0 Å². The number of ether oxygens (including phenoxy) is 2. The van der Waals surface area contributed by atoms with Gasteiger partial charge in [0.2, 0.25) is 6.10 Å². The van der Waals surface area contributed by atoms with Gasteiger partial charge in [-0.2, -0.15) is 5.26 Å². The standard InChI is InChI=1S/C24H25Cl2NO3/c1-16(2)22(24(3,4)14-21(25)26)23(28)30-20(15-27)17-9-8-12-19(13-17)29-18-10-6-5-7-11-18/h5-14,16,20,22H,1-4H3. The van der Waals surface area contributed by atoms with Crippen molar-refractivity contribution in [1.29, 1.82) is 5.26 Å². The summed E-state index contributed by atoms with van der Waals surface area (Å²) in [6, 6.07) is 18.3. The molecule has 2 atom stereocenters. The van der Waals surface area contributed by atoms with Gasteiger partial charge in [-0.3, -0.25) is 4.79 Å². The molecule has 0 spiro atoms. The fourth-order valence-corrected chi connectivity index (χ4v) is 4.09. The number of esters is 1. The summed E-state index contributed by atoms with van der Waals surface area (Å²) in [5, 5.41) is 9.66. The molecule has 0 bridgehead atoms. The van der Waals surface area contributed by atoms with E-state index in [2.05, 4.69) is 6.07 Å². The lowest BCUT2D eigenvalue weighted by Gasteiger charge is -2.33. The molecule has 0 N–H and O–H groups in total. The molecule has 2 rings (SSSR count). The molecule has 2 unspecified atom stereocenters. The summed E-state index contributed by atoms with van der Waals surface area (Å²) in [4.78, 5) is 13.0. The number of benzene rings is 2. The van der Waals surface area contributed by atoms with Gasteiger partial charge in [-0.15, -0.1) is 0 Å². The van der Waals surface area contributed by atoms with E-state index in [-0.39, 0.29) is 10.4 Å². The average molecular weight is 446 g/mol. The van der Waals surface area contributed by atoms with Crippen molar-refractivity contribution in [2.24, 2.45) is 17.3 Å². The van der Waals surface area contributed by atoms with Crippen molar-refractivity contribution in [3.63, 3.8) is 0 Å². The van der Waals surface area contributed by atoms with Crippen LogP contribution in [0, 0.1) is 28.6 Å². The SMILES string of the molecule is CC(C)C(C(=O)OC(C#N)c1cccc(Oc2ccccc2)c1)C(C)(C)C=C(Cl)Cl. The van der Waals surface area contributed by atoms with Gasteiger partial charge in [-0.25, -0.2) is 0 Å². The summed E-state index contributed by atoms with van der Waals surface area (Å²) in [7, 11) is 0. The first kappa shape index (κ1) is 23.8. The summed E-state index contributed by atoms with van der Waals surface area (Å²) in [5.74, 6) is 0.147. The first-order valence-electron chi connectivity index (χ1n) is 9.61. The van der Waals surface area contributed by atoms with Crippen molar-refractivity contribution in [3.05, 3.63) is 70.7 Å². The molecule has 158 valence electrons. The molecule has 0 aromatic heterocycles. The fraction of sp³-hybridized carbons (Fsp3) is 0.333. The van der Waals surface area contributed by atoms with Crippen LogP contribution in [0.4, 0.5) is 0 Å². The van der Waals surface area contributed by atoms with Gasteiger partial charge < -0.3 is 9.47 Å². The highest BCUT2D eigenvalue weighted by Gasteiger charge is 2.38. The Morgan fingerprint density at radius 1 is 1.07 bits per heavy atom. The van der Waals surface area contributed by atoms with Crippen molar-refractivity contribution in [2.75, 3.05) is 0 Å². The van der Waals surface area contributed by atoms with E-state index in [1.54, 1.807) is 30.3 Å². The molecule has 0 heterocycles. The Morgan fingerprint density at radius 2 is 1.70 bits per heavy atom. The highest BCUT2D eigenvalue weighted by atomic mass is 35.5. The third kappa shape index (κ3) is 6.52. The van der Waals surface area contributed by atoms with Gasteiger partial charge in [-0.1, -0.05) is 81.2 Å². The predicted molar refractivity (Wildman–Crippen MR) is 119 cm³/mol. The minimum Gasteiger partial charge on any atom is -0.457 e. The normalized spacial score (nSPS) is 13.1. The minimum absolute atomic E-state index is 0.0523. The Kier molecular flexibility index (Phi) is 8.34. The van der Waals surface area contributed by atoms with E-state index in [9.17, 15) is 10.1 Å². The van der Waals surface area contributed by atoms with E-state index in [4.69, 9.17) is 32.7 Å². The van der Waals surface area contributed by atoms with Gasteiger partial charge in [0.25, 0.3) is 0 Å². The number of nitrogens with zero attached hydrogens (tertiary/aromatic N) is 1. The Hall–Kier alpha value is -2.48. The molecule has 0 aliphatic heterocycles. The van der Waals surface area contributed by atoms with Crippen molar-refractivity contribution < 1.29 is 14.3 Å². The van der Waals surface area contributed by atoms with Crippen molar-refractivity contribution in [2.45, 2.75) is 33.8 Å². The Morgan fingerprint density at radius 3 is 2.27 bits per heavy atom. The molecule has 30 heavy (non-hydrogen) atoms. The van der Waals surface area contributed by atoms with Gasteiger partial charge in [-0.05, 0) is 41.7 Å². The topological polar surface area (TPSA) is 59.3 Å². The highest BCUT2D eigenvalue weighted by molar-refractivity contribution is 6.55. The second kappa shape index (κ2) is 10.5. The highest BCUT2D eigenvalue weighted by Crippen LogP contribution is 2.38. The lowest BCUT2D eigenvalue weighted by atomic mass is 9.73. The Balaban J connectivity index is 2.23. The molecule has 4 nitrogen and oxygen atoms in total. The number of carbonyl (C=O) groups is 1. The van der Waals surface area contributed by atoms with Crippen molar-refractivity contribution >= 4 is 29.2 Å². The molecule has 0 amide bonds. The quantitative estimate of drug-likeness (QED) is 0.402. The lowest BCUT2D eigenvalue weighted by Crippen LogP contribution is -2.35. The molecule has 0 radical (unpaired) electrons. The van der Waals surface area contributed by atoms with Crippen LogP contribution in [0.5, 0.6) is 11.5 Å². The van der Waals surface area contributed by atoms with Gasteiger partial charge in [0.05, 0.1) is 5.92 Å². The summed E-state index contributed by atoms with van der Waals surface area (Å²) >= 11 is 11.7. The van der Waals surface area contributed by atoms with E-state index >= 15 is 0 Å². The molecule has 6 heteroatoms. The van der Waals surface area contributed by atoms with Gasteiger partial charge in [0.1, 0.15) is 22.1 Å². The zero-order valence-corrected chi connectivity index (χ0v) is 18.9. The fourth-order valence-electron chi connectivity index (χ4n) is 3.53. The largest absolute Gasteiger partial charge is 0.457 e. The molecule has 2 aromatic rings. The maximum absolute atomic E-state index is 13.0. The summed E-state index contributed by atoms with van der Waals surface area (Å²) in [6.07, 6.45) is 0.557. The van der Waals surface area contributed by atoms with E-state index in [1.807, 2.05) is 58.0 Å².